The van der Waals surface area contributed by atoms with E-state index in [2.05, 4.69) is 6.58 Å². The Morgan fingerprint density at radius 2 is 1.75 bits per heavy atom. The van der Waals surface area contributed by atoms with Crippen molar-refractivity contribution in [2.24, 2.45) is 0 Å². The van der Waals surface area contributed by atoms with Gasteiger partial charge in [0.2, 0.25) is 0 Å². The molecular weight excluding hydrogens is 246 g/mol. The predicted octanol–water partition coefficient (Wildman–Crippen LogP) is 3.82. The maximum Gasteiger partial charge on any atom is 0.254 e. The van der Waals surface area contributed by atoms with Gasteiger partial charge in [-0.05, 0) is 24.1 Å². The Balaban J connectivity index is 2.22. The summed E-state index contributed by atoms with van der Waals surface area (Å²) in [4.78, 5) is 14.4. The minimum Gasteiger partial charge on any atom is -0.331 e. The lowest BCUT2D eigenvalue weighted by molar-refractivity contribution is 0.0762. The van der Waals surface area contributed by atoms with E-state index in [1.807, 2.05) is 66.4 Å². The van der Waals surface area contributed by atoms with Crippen LogP contribution >= 0.6 is 0 Å². The molecule has 0 bridgehead atoms. The van der Waals surface area contributed by atoms with Crippen LogP contribution in [0.2, 0.25) is 0 Å². The third kappa shape index (κ3) is 3.35. The van der Waals surface area contributed by atoms with Gasteiger partial charge in [0.05, 0.1) is 0 Å². The Labute approximate surface area is 120 Å². The number of carbonyl (C=O) groups excluding carboxylic acids is 1. The zero-order valence-corrected chi connectivity index (χ0v) is 11.8. The molecule has 0 spiro atoms. The highest BCUT2D eigenvalue weighted by Gasteiger charge is 2.16. The highest BCUT2D eigenvalue weighted by Crippen LogP contribution is 2.13. The van der Waals surface area contributed by atoms with Gasteiger partial charge >= 0.3 is 0 Å². The van der Waals surface area contributed by atoms with E-state index in [9.17, 15) is 4.79 Å². The van der Waals surface area contributed by atoms with E-state index >= 15 is 0 Å². The number of benzene rings is 2. The zero-order valence-electron chi connectivity index (χ0n) is 11.8. The molecule has 0 aromatic heterocycles. The molecule has 0 unspecified atom stereocenters. The second-order valence-corrected chi connectivity index (χ2v) is 4.77. The van der Waals surface area contributed by atoms with Crippen molar-refractivity contribution in [3.63, 3.8) is 0 Å². The second-order valence-electron chi connectivity index (χ2n) is 4.77. The van der Waals surface area contributed by atoms with Gasteiger partial charge in [-0.2, -0.15) is 0 Å². The first kappa shape index (κ1) is 14.1. The van der Waals surface area contributed by atoms with Crippen LogP contribution in [0.25, 0.3) is 0 Å². The number of carbonyl (C=O) groups is 1. The van der Waals surface area contributed by atoms with Gasteiger partial charge in [0, 0.05) is 18.7 Å². The molecular formula is C18H19NO. The average molecular weight is 265 g/mol. The molecule has 0 N–H and O–H groups in total. The Hall–Kier alpha value is -2.35. The quantitative estimate of drug-likeness (QED) is 0.752. The summed E-state index contributed by atoms with van der Waals surface area (Å²) >= 11 is 0. The Morgan fingerprint density at radius 1 is 1.10 bits per heavy atom. The molecule has 0 saturated heterocycles. The van der Waals surface area contributed by atoms with Crippen molar-refractivity contribution >= 4 is 5.91 Å². The van der Waals surface area contributed by atoms with Crippen LogP contribution in [0.5, 0.6) is 0 Å². The van der Waals surface area contributed by atoms with E-state index in [1.165, 1.54) is 0 Å². The SMILES string of the molecule is C=CCN(Cc1ccccc1)C(=O)c1ccccc1C. The van der Waals surface area contributed by atoms with E-state index in [0.717, 1.165) is 16.7 Å². The number of nitrogens with zero attached hydrogens (tertiary/aromatic N) is 1. The Bertz CT molecular complexity index is 589. The van der Waals surface area contributed by atoms with Gasteiger partial charge in [-0.25, -0.2) is 0 Å². The van der Waals surface area contributed by atoms with Crippen LogP contribution in [0.1, 0.15) is 21.5 Å². The molecule has 2 rings (SSSR count). The molecule has 2 nitrogen and oxygen atoms in total. The van der Waals surface area contributed by atoms with Crippen LogP contribution < -0.4 is 0 Å². The van der Waals surface area contributed by atoms with Crippen molar-refractivity contribution in [3.8, 4) is 0 Å². The molecule has 0 aliphatic heterocycles. The number of hydrogen-bond donors (Lipinski definition) is 0. The number of aryl methyl sites for hydroxylation is 1. The smallest absolute Gasteiger partial charge is 0.254 e. The van der Waals surface area contributed by atoms with Crippen LogP contribution in [0.4, 0.5) is 0 Å². The lowest BCUT2D eigenvalue weighted by atomic mass is 10.1. The molecule has 2 heteroatoms. The van der Waals surface area contributed by atoms with Gasteiger partial charge in [0.25, 0.3) is 5.91 Å². The largest absolute Gasteiger partial charge is 0.331 e. The van der Waals surface area contributed by atoms with Crippen LogP contribution in [-0.4, -0.2) is 17.4 Å². The van der Waals surface area contributed by atoms with Crippen molar-refractivity contribution in [2.45, 2.75) is 13.5 Å². The molecule has 0 atom stereocenters. The van der Waals surface area contributed by atoms with Gasteiger partial charge in [0.15, 0.2) is 0 Å². The summed E-state index contributed by atoms with van der Waals surface area (Å²) in [6.07, 6.45) is 1.76. The maximum absolute atomic E-state index is 12.6. The number of hydrogen-bond acceptors (Lipinski definition) is 1. The fraction of sp³-hybridized carbons (Fsp3) is 0.167. The molecule has 0 saturated carbocycles. The number of rotatable bonds is 5. The van der Waals surface area contributed by atoms with Gasteiger partial charge in [-0.3, -0.25) is 4.79 Å². The molecule has 2 aromatic rings. The average Bonchev–Trinajstić information content (AvgIpc) is 2.48. The van der Waals surface area contributed by atoms with E-state index in [-0.39, 0.29) is 5.91 Å². The van der Waals surface area contributed by atoms with Crippen LogP contribution in [0, 0.1) is 6.92 Å². The third-order valence-corrected chi connectivity index (χ3v) is 3.23. The molecule has 0 aliphatic carbocycles. The fourth-order valence-corrected chi connectivity index (χ4v) is 2.16. The summed E-state index contributed by atoms with van der Waals surface area (Å²) in [7, 11) is 0. The topological polar surface area (TPSA) is 20.3 Å². The van der Waals surface area contributed by atoms with Crippen LogP contribution in [0.15, 0.2) is 67.3 Å². The second kappa shape index (κ2) is 6.71. The summed E-state index contributed by atoms with van der Waals surface area (Å²) in [5, 5.41) is 0. The van der Waals surface area contributed by atoms with E-state index in [0.29, 0.717) is 13.1 Å². The van der Waals surface area contributed by atoms with Crippen LogP contribution in [0.3, 0.4) is 0 Å². The van der Waals surface area contributed by atoms with E-state index in [4.69, 9.17) is 0 Å². The predicted molar refractivity (Wildman–Crippen MR) is 82.6 cm³/mol. The highest BCUT2D eigenvalue weighted by molar-refractivity contribution is 5.95. The lowest BCUT2D eigenvalue weighted by Crippen LogP contribution is -2.31. The lowest BCUT2D eigenvalue weighted by Gasteiger charge is -2.22. The van der Waals surface area contributed by atoms with Crippen molar-refractivity contribution in [3.05, 3.63) is 83.9 Å². The Morgan fingerprint density at radius 3 is 2.40 bits per heavy atom. The first-order valence-electron chi connectivity index (χ1n) is 6.72. The molecule has 20 heavy (non-hydrogen) atoms. The summed E-state index contributed by atoms with van der Waals surface area (Å²) in [6, 6.07) is 17.7. The highest BCUT2D eigenvalue weighted by atomic mass is 16.2. The minimum atomic E-state index is 0.0480. The molecule has 1 amide bonds. The fourth-order valence-electron chi connectivity index (χ4n) is 2.16. The van der Waals surface area contributed by atoms with E-state index < -0.39 is 0 Å². The Kier molecular flexibility index (Phi) is 4.72. The molecule has 0 heterocycles. The summed E-state index contributed by atoms with van der Waals surface area (Å²) in [5.41, 5.74) is 2.88. The first-order valence-corrected chi connectivity index (χ1v) is 6.72. The molecule has 0 radical (unpaired) electrons. The van der Waals surface area contributed by atoms with Crippen molar-refractivity contribution in [2.75, 3.05) is 6.54 Å². The van der Waals surface area contributed by atoms with Gasteiger partial charge in [-0.15, -0.1) is 6.58 Å². The molecule has 0 fully saturated rings. The first-order chi connectivity index (χ1) is 9.72. The summed E-state index contributed by atoms with van der Waals surface area (Å²) < 4.78 is 0. The van der Waals surface area contributed by atoms with Gasteiger partial charge in [-0.1, -0.05) is 54.6 Å². The minimum absolute atomic E-state index is 0.0480. The molecule has 102 valence electrons. The monoisotopic (exact) mass is 265 g/mol. The summed E-state index contributed by atoms with van der Waals surface area (Å²) in [5.74, 6) is 0.0480. The molecule has 2 aromatic carbocycles. The van der Waals surface area contributed by atoms with Crippen LogP contribution in [-0.2, 0) is 6.54 Å². The van der Waals surface area contributed by atoms with Crippen molar-refractivity contribution in [1.29, 1.82) is 0 Å². The zero-order chi connectivity index (χ0) is 14.4. The van der Waals surface area contributed by atoms with Crippen molar-refractivity contribution < 1.29 is 4.79 Å². The molecule has 0 aliphatic rings. The third-order valence-electron chi connectivity index (χ3n) is 3.23. The van der Waals surface area contributed by atoms with Gasteiger partial charge < -0.3 is 4.90 Å². The standard InChI is InChI=1S/C18H19NO/c1-3-13-19(14-16-10-5-4-6-11-16)18(20)17-12-8-7-9-15(17)2/h3-12H,1,13-14H2,2H3. The summed E-state index contributed by atoms with van der Waals surface area (Å²) in [6.45, 7) is 6.85. The van der Waals surface area contributed by atoms with E-state index in [1.54, 1.807) is 6.08 Å². The maximum atomic E-state index is 12.6. The normalized spacial score (nSPS) is 10.1. The van der Waals surface area contributed by atoms with Gasteiger partial charge in [0.1, 0.15) is 0 Å². The number of amides is 1. The van der Waals surface area contributed by atoms with Crippen molar-refractivity contribution in [1.82, 2.24) is 4.90 Å².